The van der Waals surface area contributed by atoms with Crippen LogP contribution in [0, 0.1) is 0 Å². The Bertz CT molecular complexity index is 1320. The molecule has 1 N–H and O–H groups in total. The van der Waals surface area contributed by atoms with Crippen molar-refractivity contribution in [1.82, 2.24) is 9.88 Å². The van der Waals surface area contributed by atoms with Crippen LogP contribution >= 0.6 is 11.3 Å². The number of carbonyl (C=O) groups excluding carboxylic acids is 1. The first-order valence-electron chi connectivity index (χ1n) is 11.3. The molecule has 0 atom stereocenters. The van der Waals surface area contributed by atoms with Crippen LogP contribution in [0.4, 0.5) is 0 Å². The molecule has 0 saturated carbocycles. The Kier molecular flexibility index (Phi) is 5.15. The number of nitrogens with zero attached hydrogens (tertiary/aromatic N) is 1. The molecule has 0 radical (unpaired) electrons. The standard InChI is InChI=1S/C27H24N2O3S/c30-26(28-16-22-5-3-13-33-22)12-10-20-14-19-8-7-18-4-1-2-6-23(18)27(19)29(20)21-9-11-24-25(15-21)32-17-31-24/h1-6,9,11,13-15H,7-8,10,12,16-17H2,(H,28,30). The smallest absolute Gasteiger partial charge is 0.231 e. The summed E-state index contributed by atoms with van der Waals surface area (Å²) in [5.74, 6) is 1.61. The first kappa shape index (κ1) is 20.1. The second kappa shape index (κ2) is 8.45. The Labute approximate surface area is 196 Å². The normalized spacial score (nSPS) is 13.5. The van der Waals surface area contributed by atoms with E-state index in [-0.39, 0.29) is 12.7 Å². The van der Waals surface area contributed by atoms with Crippen molar-refractivity contribution in [3.63, 3.8) is 0 Å². The minimum Gasteiger partial charge on any atom is -0.454 e. The zero-order valence-corrected chi connectivity index (χ0v) is 19.0. The summed E-state index contributed by atoms with van der Waals surface area (Å²) in [5.41, 5.74) is 7.37. The fourth-order valence-electron chi connectivity index (χ4n) is 4.78. The Morgan fingerprint density at radius 2 is 1.85 bits per heavy atom. The second-order valence-electron chi connectivity index (χ2n) is 8.40. The number of rotatable bonds is 6. The van der Waals surface area contributed by atoms with E-state index in [1.807, 2.05) is 29.6 Å². The zero-order chi connectivity index (χ0) is 22.2. The second-order valence-corrected chi connectivity index (χ2v) is 9.43. The minimum atomic E-state index is 0.0696. The van der Waals surface area contributed by atoms with E-state index in [1.165, 1.54) is 27.3 Å². The molecule has 1 amide bonds. The first-order valence-corrected chi connectivity index (χ1v) is 12.1. The van der Waals surface area contributed by atoms with Gasteiger partial charge in [-0.05, 0) is 60.0 Å². The molecule has 0 saturated heterocycles. The van der Waals surface area contributed by atoms with E-state index in [1.54, 1.807) is 11.3 Å². The highest BCUT2D eigenvalue weighted by molar-refractivity contribution is 7.09. The fourth-order valence-corrected chi connectivity index (χ4v) is 5.42. The third-order valence-electron chi connectivity index (χ3n) is 6.35. The Hall–Kier alpha value is -3.51. The molecule has 166 valence electrons. The number of hydrogen-bond donors (Lipinski definition) is 1. The van der Waals surface area contributed by atoms with E-state index in [9.17, 15) is 4.79 Å². The maximum atomic E-state index is 12.6. The quantitative estimate of drug-likeness (QED) is 0.429. The summed E-state index contributed by atoms with van der Waals surface area (Å²) in [6.45, 7) is 0.840. The topological polar surface area (TPSA) is 52.5 Å². The van der Waals surface area contributed by atoms with E-state index in [0.29, 0.717) is 19.4 Å². The van der Waals surface area contributed by atoms with Crippen molar-refractivity contribution < 1.29 is 14.3 Å². The van der Waals surface area contributed by atoms with Gasteiger partial charge in [0.25, 0.3) is 0 Å². The van der Waals surface area contributed by atoms with Crippen LogP contribution in [0.15, 0.2) is 66.0 Å². The van der Waals surface area contributed by atoms with Crippen molar-refractivity contribution in [2.75, 3.05) is 6.79 Å². The van der Waals surface area contributed by atoms with Gasteiger partial charge in [-0.15, -0.1) is 11.3 Å². The van der Waals surface area contributed by atoms with Crippen LogP contribution in [0.2, 0.25) is 0 Å². The zero-order valence-electron chi connectivity index (χ0n) is 18.2. The summed E-state index contributed by atoms with van der Waals surface area (Å²) in [6, 6.07) is 21.0. The lowest BCUT2D eigenvalue weighted by molar-refractivity contribution is -0.121. The number of amides is 1. The fraction of sp³-hybridized carbons (Fsp3) is 0.222. The summed E-state index contributed by atoms with van der Waals surface area (Å²) in [6.07, 6.45) is 3.15. The van der Waals surface area contributed by atoms with Crippen molar-refractivity contribution >= 4 is 17.2 Å². The maximum Gasteiger partial charge on any atom is 0.231 e. The molecule has 2 aromatic heterocycles. The number of carbonyl (C=O) groups is 1. The van der Waals surface area contributed by atoms with Gasteiger partial charge in [0.15, 0.2) is 11.5 Å². The van der Waals surface area contributed by atoms with Crippen LogP contribution in [0.25, 0.3) is 16.9 Å². The lowest BCUT2D eigenvalue weighted by Crippen LogP contribution is -2.22. The van der Waals surface area contributed by atoms with Gasteiger partial charge in [-0.2, -0.15) is 0 Å². The summed E-state index contributed by atoms with van der Waals surface area (Å²) in [5, 5.41) is 5.08. The van der Waals surface area contributed by atoms with Gasteiger partial charge in [0.1, 0.15) is 0 Å². The molecule has 2 aromatic carbocycles. The van der Waals surface area contributed by atoms with Crippen LogP contribution in [0.3, 0.4) is 0 Å². The van der Waals surface area contributed by atoms with Crippen LogP contribution < -0.4 is 14.8 Å². The molecule has 5 nitrogen and oxygen atoms in total. The number of thiophene rings is 1. The largest absolute Gasteiger partial charge is 0.454 e. The third kappa shape index (κ3) is 3.80. The number of benzene rings is 2. The number of aromatic nitrogens is 1. The molecule has 33 heavy (non-hydrogen) atoms. The van der Waals surface area contributed by atoms with Crippen LogP contribution in [-0.4, -0.2) is 17.3 Å². The predicted molar refractivity (Wildman–Crippen MR) is 129 cm³/mol. The summed E-state index contributed by atoms with van der Waals surface area (Å²) < 4.78 is 13.5. The molecule has 1 aliphatic heterocycles. The highest BCUT2D eigenvalue weighted by Gasteiger charge is 2.25. The Morgan fingerprint density at radius 3 is 2.76 bits per heavy atom. The molecule has 6 rings (SSSR count). The summed E-state index contributed by atoms with van der Waals surface area (Å²) in [7, 11) is 0. The van der Waals surface area contributed by atoms with Gasteiger partial charge in [-0.25, -0.2) is 0 Å². The lowest BCUT2D eigenvalue weighted by atomic mass is 9.90. The molecule has 0 unspecified atom stereocenters. The van der Waals surface area contributed by atoms with E-state index in [4.69, 9.17) is 9.47 Å². The van der Waals surface area contributed by atoms with Gasteiger partial charge in [0.2, 0.25) is 12.7 Å². The maximum absolute atomic E-state index is 12.6. The van der Waals surface area contributed by atoms with Crippen molar-refractivity contribution in [2.45, 2.75) is 32.2 Å². The first-order chi connectivity index (χ1) is 16.3. The van der Waals surface area contributed by atoms with E-state index in [2.05, 4.69) is 46.3 Å². The monoisotopic (exact) mass is 456 g/mol. The van der Waals surface area contributed by atoms with Crippen LogP contribution in [-0.2, 0) is 30.6 Å². The average molecular weight is 457 g/mol. The van der Waals surface area contributed by atoms with Gasteiger partial charge in [0, 0.05) is 34.3 Å². The van der Waals surface area contributed by atoms with E-state index in [0.717, 1.165) is 35.7 Å². The number of fused-ring (bicyclic) bond motifs is 4. The van der Waals surface area contributed by atoms with Gasteiger partial charge in [-0.3, -0.25) is 4.79 Å². The molecule has 1 aliphatic carbocycles. The number of nitrogens with one attached hydrogen (secondary N) is 1. The number of hydrogen-bond acceptors (Lipinski definition) is 4. The molecule has 6 heteroatoms. The molecule has 2 aliphatic rings. The summed E-state index contributed by atoms with van der Waals surface area (Å²) in [4.78, 5) is 13.8. The molecule has 3 heterocycles. The van der Waals surface area contributed by atoms with Gasteiger partial charge in [0.05, 0.1) is 12.2 Å². The Morgan fingerprint density at radius 1 is 0.970 bits per heavy atom. The molecule has 0 spiro atoms. The van der Waals surface area contributed by atoms with Crippen molar-refractivity contribution in [2.24, 2.45) is 0 Å². The molecule has 0 fully saturated rings. The Balaban J connectivity index is 1.34. The molecular formula is C27H24N2O3S. The van der Waals surface area contributed by atoms with Crippen molar-refractivity contribution in [3.8, 4) is 28.4 Å². The highest BCUT2D eigenvalue weighted by Crippen LogP contribution is 2.40. The lowest BCUT2D eigenvalue weighted by Gasteiger charge is -2.21. The predicted octanol–water partition coefficient (Wildman–Crippen LogP) is 5.28. The summed E-state index contributed by atoms with van der Waals surface area (Å²) >= 11 is 1.66. The van der Waals surface area contributed by atoms with Crippen LogP contribution in [0.5, 0.6) is 11.5 Å². The van der Waals surface area contributed by atoms with Gasteiger partial charge in [-0.1, -0.05) is 30.3 Å². The minimum absolute atomic E-state index is 0.0696. The van der Waals surface area contributed by atoms with Gasteiger partial charge < -0.3 is 19.4 Å². The molecular weight excluding hydrogens is 432 g/mol. The number of aryl methyl sites for hydroxylation is 3. The van der Waals surface area contributed by atoms with Gasteiger partial charge >= 0.3 is 0 Å². The SMILES string of the molecule is O=C(CCc1cc2c(n1-c1ccc3c(c1)OCO3)-c1ccccc1CC2)NCc1cccs1. The third-order valence-corrected chi connectivity index (χ3v) is 7.23. The highest BCUT2D eigenvalue weighted by atomic mass is 32.1. The van der Waals surface area contributed by atoms with E-state index < -0.39 is 0 Å². The van der Waals surface area contributed by atoms with Crippen molar-refractivity contribution in [1.29, 1.82) is 0 Å². The average Bonchev–Trinajstić information content (AvgIpc) is 3.60. The molecule has 0 bridgehead atoms. The molecule has 4 aromatic rings. The van der Waals surface area contributed by atoms with Crippen molar-refractivity contribution in [3.05, 3.63) is 87.7 Å². The van der Waals surface area contributed by atoms with E-state index >= 15 is 0 Å². The van der Waals surface area contributed by atoms with Crippen LogP contribution in [0.1, 0.15) is 28.1 Å². The number of ether oxygens (including phenoxy) is 2.